The standard InChI is InChI=1S/C27H35ClF3NO6/c1-3-5-6-8-11-25-35-17-23(38-32-14-9-7-10-15-32)26(37-25)21(4-2)36-24(33)18-34-22-13-12-19(16-20(22)28)27(29,30)31/h7,9-10,12-14,16,21,23,25-26H,3-6,8,11,15,17-18H2,1-2H3/t21?,23-,25+,26-/m1/s1. The van der Waals surface area contributed by atoms with Crippen LogP contribution in [0.4, 0.5) is 13.2 Å². The first kappa shape index (κ1) is 30.3. The van der Waals surface area contributed by atoms with Crippen molar-refractivity contribution in [3.63, 3.8) is 0 Å². The molecule has 11 heteroatoms. The minimum atomic E-state index is -4.54. The monoisotopic (exact) mass is 561 g/mol. The Hall–Kier alpha value is -2.27. The maximum absolute atomic E-state index is 12.9. The summed E-state index contributed by atoms with van der Waals surface area (Å²) in [6, 6.07) is 2.66. The van der Waals surface area contributed by atoms with Crippen molar-refractivity contribution in [1.29, 1.82) is 0 Å². The molecule has 212 valence electrons. The lowest BCUT2D eigenvalue weighted by Crippen LogP contribution is -2.53. The van der Waals surface area contributed by atoms with E-state index in [1.54, 1.807) is 11.3 Å². The number of esters is 1. The highest BCUT2D eigenvalue weighted by Gasteiger charge is 2.40. The molecule has 0 amide bonds. The lowest BCUT2D eigenvalue weighted by molar-refractivity contribution is -0.316. The van der Waals surface area contributed by atoms with Gasteiger partial charge in [0.25, 0.3) is 0 Å². The predicted octanol–water partition coefficient (Wildman–Crippen LogP) is 6.46. The van der Waals surface area contributed by atoms with Gasteiger partial charge in [0.2, 0.25) is 0 Å². The number of unbranched alkanes of at least 4 members (excludes halogenated alkanes) is 3. The normalized spacial score (nSPS) is 22.4. The van der Waals surface area contributed by atoms with Crippen LogP contribution < -0.4 is 4.74 Å². The molecule has 1 fully saturated rings. The Bertz CT molecular complexity index is 957. The summed E-state index contributed by atoms with van der Waals surface area (Å²) in [5.74, 6) is -0.757. The fourth-order valence-electron chi connectivity index (χ4n) is 4.12. The zero-order chi connectivity index (χ0) is 27.5. The van der Waals surface area contributed by atoms with Crippen molar-refractivity contribution >= 4 is 17.6 Å². The summed E-state index contributed by atoms with van der Waals surface area (Å²) in [6.45, 7) is 4.30. The molecule has 38 heavy (non-hydrogen) atoms. The van der Waals surface area contributed by atoms with Crippen molar-refractivity contribution in [3.8, 4) is 5.75 Å². The molecule has 1 aromatic carbocycles. The van der Waals surface area contributed by atoms with Crippen molar-refractivity contribution < 1.29 is 41.8 Å². The van der Waals surface area contributed by atoms with Gasteiger partial charge < -0.3 is 18.9 Å². The van der Waals surface area contributed by atoms with E-state index in [9.17, 15) is 18.0 Å². The smallest absolute Gasteiger partial charge is 0.416 e. The number of alkyl halides is 3. The third kappa shape index (κ3) is 9.18. The van der Waals surface area contributed by atoms with Crippen LogP contribution in [0.1, 0.15) is 57.9 Å². The first-order chi connectivity index (χ1) is 18.2. The van der Waals surface area contributed by atoms with Gasteiger partial charge in [0, 0.05) is 6.20 Å². The molecule has 1 aromatic rings. The zero-order valence-corrected chi connectivity index (χ0v) is 22.4. The first-order valence-electron chi connectivity index (χ1n) is 12.9. The van der Waals surface area contributed by atoms with Crippen LogP contribution in [-0.4, -0.2) is 55.4 Å². The highest BCUT2D eigenvalue weighted by atomic mass is 35.5. The van der Waals surface area contributed by atoms with Gasteiger partial charge in [0.05, 0.1) is 23.7 Å². The first-order valence-corrected chi connectivity index (χ1v) is 13.3. The molecule has 2 aliphatic rings. The van der Waals surface area contributed by atoms with Crippen LogP contribution in [0.15, 0.2) is 42.6 Å². The van der Waals surface area contributed by atoms with Gasteiger partial charge in [-0.15, -0.1) is 0 Å². The Morgan fingerprint density at radius 2 is 2.03 bits per heavy atom. The summed E-state index contributed by atoms with van der Waals surface area (Å²) in [6.07, 6.45) is 6.18. The Kier molecular flexibility index (Phi) is 11.8. The van der Waals surface area contributed by atoms with Gasteiger partial charge in [-0.3, -0.25) is 9.90 Å². The lowest BCUT2D eigenvalue weighted by atomic mass is 10.0. The van der Waals surface area contributed by atoms with E-state index < -0.39 is 48.9 Å². The number of ether oxygens (including phenoxy) is 4. The van der Waals surface area contributed by atoms with Crippen molar-refractivity contribution in [2.45, 2.75) is 83.2 Å². The molecule has 0 bridgehead atoms. The minimum Gasteiger partial charge on any atom is -0.480 e. The number of nitrogens with zero attached hydrogens (tertiary/aromatic N) is 1. The molecule has 1 unspecified atom stereocenters. The van der Waals surface area contributed by atoms with Crippen LogP contribution >= 0.6 is 11.6 Å². The van der Waals surface area contributed by atoms with Crippen LogP contribution in [0.25, 0.3) is 0 Å². The van der Waals surface area contributed by atoms with Crippen molar-refractivity contribution in [2.75, 3.05) is 19.8 Å². The topological polar surface area (TPSA) is 66.5 Å². The number of hydroxylamine groups is 2. The van der Waals surface area contributed by atoms with E-state index in [2.05, 4.69) is 6.92 Å². The summed E-state index contributed by atoms with van der Waals surface area (Å²) in [4.78, 5) is 18.8. The van der Waals surface area contributed by atoms with Crippen LogP contribution in [0, 0.1) is 0 Å². The molecule has 4 atom stereocenters. The lowest BCUT2D eigenvalue weighted by Gasteiger charge is -2.41. The Morgan fingerprint density at radius 1 is 1.21 bits per heavy atom. The summed E-state index contributed by atoms with van der Waals surface area (Å²) < 4.78 is 61.8. The number of allylic oxidation sites excluding steroid dienone is 2. The summed E-state index contributed by atoms with van der Waals surface area (Å²) in [7, 11) is 0. The molecule has 0 spiro atoms. The van der Waals surface area contributed by atoms with E-state index in [0.717, 1.165) is 50.3 Å². The SMILES string of the molecule is CCCCCC[C@H]1OC[C@@H](ON2C=CC=CC2)[C@@H](C(CC)OC(=O)COc2ccc(C(F)(F)F)cc2Cl)O1. The molecule has 7 nitrogen and oxygen atoms in total. The van der Waals surface area contributed by atoms with Gasteiger partial charge in [0.1, 0.15) is 24.1 Å². The fourth-order valence-corrected chi connectivity index (χ4v) is 4.36. The predicted molar refractivity (Wildman–Crippen MR) is 135 cm³/mol. The minimum absolute atomic E-state index is 0.0507. The second kappa shape index (κ2) is 14.8. The van der Waals surface area contributed by atoms with Crippen molar-refractivity contribution in [2.24, 2.45) is 0 Å². The molecule has 0 N–H and O–H groups in total. The molecule has 0 aromatic heterocycles. The molecule has 0 aliphatic carbocycles. The van der Waals surface area contributed by atoms with Crippen LogP contribution in [-0.2, 0) is 30.0 Å². The van der Waals surface area contributed by atoms with E-state index in [1.807, 2.05) is 25.2 Å². The number of carbonyl (C=O) groups is 1. The van der Waals surface area contributed by atoms with Crippen LogP contribution in [0.2, 0.25) is 5.02 Å². The third-order valence-electron chi connectivity index (χ3n) is 6.13. The van der Waals surface area contributed by atoms with Crippen molar-refractivity contribution in [3.05, 3.63) is 53.2 Å². The summed E-state index contributed by atoms with van der Waals surface area (Å²) in [5, 5.41) is 1.41. The second-order valence-electron chi connectivity index (χ2n) is 9.09. The quantitative estimate of drug-likeness (QED) is 0.202. The van der Waals surface area contributed by atoms with E-state index in [1.165, 1.54) is 0 Å². The van der Waals surface area contributed by atoms with Gasteiger partial charge in [-0.2, -0.15) is 13.2 Å². The molecular formula is C27H35ClF3NO6. The Balaban J connectivity index is 1.62. The average molecular weight is 562 g/mol. The molecule has 2 aliphatic heterocycles. The van der Waals surface area contributed by atoms with Crippen LogP contribution in [0.5, 0.6) is 5.75 Å². The molecule has 3 rings (SSSR count). The number of hydrogen-bond donors (Lipinski definition) is 0. The van der Waals surface area contributed by atoms with Gasteiger partial charge in [-0.25, -0.2) is 4.79 Å². The third-order valence-corrected chi connectivity index (χ3v) is 6.42. The van der Waals surface area contributed by atoms with Gasteiger partial charge in [-0.05, 0) is 43.5 Å². The van der Waals surface area contributed by atoms with Crippen LogP contribution in [0.3, 0.4) is 0 Å². The maximum Gasteiger partial charge on any atom is 0.416 e. The Labute approximate surface area is 226 Å². The number of hydrogen-bond acceptors (Lipinski definition) is 7. The fraction of sp³-hybridized carbons (Fsp3) is 0.593. The zero-order valence-electron chi connectivity index (χ0n) is 21.6. The van der Waals surface area contributed by atoms with E-state index in [-0.39, 0.29) is 17.4 Å². The average Bonchev–Trinajstić information content (AvgIpc) is 2.90. The molecule has 2 heterocycles. The summed E-state index contributed by atoms with van der Waals surface area (Å²) in [5.41, 5.74) is -0.908. The highest BCUT2D eigenvalue weighted by Crippen LogP contribution is 2.35. The van der Waals surface area contributed by atoms with Crippen molar-refractivity contribution in [1.82, 2.24) is 5.06 Å². The maximum atomic E-state index is 12.9. The number of halogens is 4. The largest absolute Gasteiger partial charge is 0.480 e. The number of rotatable bonds is 13. The molecule has 1 saturated heterocycles. The van der Waals surface area contributed by atoms with Gasteiger partial charge in [0.15, 0.2) is 12.9 Å². The van der Waals surface area contributed by atoms with E-state index >= 15 is 0 Å². The number of carbonyl (C=O) groups excluding carboxylic acids is 1. The highest BCUT2D eigenvalue weighted by molar-refractivity contribution is 6.32. The molecule has 0 radical (unpaired) electrons. The number of benzene rings is 1. The van der Waals surface area contributed by atoms with E-state index in [0.29, 0.717) is 13.0 Å². The second-order valence-corrected chi connectivity index (χ2v) is 9.50. The van der Waals surface area contributed by atoms with Gasteiger partial charge in [-0.1, -0.05) is 56.9 Å². The van der Waals surface area contributed by atoms with E-state index in [4.69, 9.17) is 35.4 Å². The summed E-state index contributed by atoms with van der Waals surface area (Å²) >= 11 is 5.92. The Morgan fingerprint density at radius 3 is 2.68 bits per heavy atom. The van der Waals surface area contributed by atoms with Gasteiger partial charge >= 0.3 is 12.1 Å². The molecule has 0 saturated carbocycles. The molecular weight excluding hydrogens is 527 g/mol.